The second kappa shape index (κ2) is 5.66. The smallest absolute Gasteiger partial charge is 0.136 e. The van der Waals surface area contributed by atoms with Gasteiger partial charge < -0.3 is 15.5 Å². The van der Waals surface area contributed by atoms with E-state index in [4.69, 9.17) is 34.8 Å². The lowest BCUT2D eigenvalue weighted by Crippen LogP contribution is -2.21. The molecule has 0 fully saturated rings. The van der Waals surface area contributed by atoms with Crippen molar-refractivity contribution in [2.24, 2.45) is 0 Å². The molecule has 1 atom stereocenters. The molecule has 0 aliphatic carbocycles. The maximum absolute atomic E-state index is 9.33. The molecule has 0 aliphatic rings. The Kier molecular flexibility index (Phi) is 4.80. The molecule has 1 rings (SSSR count). The summed E-state index contributed by atoms with van der Waals surface area (Å²) in [6.45, 7) is 0.215. The fourth-order valence-corrected chi connectivity index (χ4v) is 1.59. The zero-order chi connectivity index (χ0) is 11.4. The first-order valence-electron chi connectivity index (χ1n) is 4.21. The van der Waals surface area contributed by atoms with Crippen molar-refractivity contribution in [1.29, 1.82) is 0 Å². The van der Waals surface area contributed by atoms with Crippen molar-refractivity contribution >= 4 is 40.5 Å². The van der Waals surface area contributed by atoms with Crippen LogP contribution in [0.25, 0.3) is 0 Å². The van der Waals surface area contributed by atoms with Gasteiger partial charge in [0, 0.05) is 6.54 Å². The fraction of sp³-hybridized carbons (Fsp3) is 0.333. The van der Waals surface area contributed by atoms with E-state index in [-0.39, 0.29) is 23.2 Å². The minimum Gasteiger partial charge on any atom is -0.506 e. The Morgan fingerprint density at radius 2 is 2.00 bits per heavy atom. The number of hydrogen-bond donors (Lipinski definition) is 3. The highest BCUT2D eigenvalue weighted by Crippen LogP contribution is 2.36. The number of aromatic hydroxyl groups is 1. The Bertz CT molecular complexity index is 346. The predicted molar refractivity (Wildman–Crippen MR) is 63.3 cm³/mol. The van der Waals surface area contributed by atoms with E-state index in [0.29, 0.717) is 10.7 Å². The summed E-state index contributed by atoms with van der Waals surface area (Å²) >= 11 is 17.1. The summed E-state index contributed by atoms with van der Waals surface area (Å²) in [6.07, 6.45) is -0.693. The van der Waals surface area contributed by atoms with Crippen LogP contribution in [0.5, 0.6) is 5.75 Å². The zero-order valence-electron chi connectivity index (χ0n) is 7.67. The maximum Gasteiger partial charge on any atom is 0.136 e. The number of rotatable bonds is 4. The lowest BCUT2D eigenvalue weighted by Gasteiger charge is -2.13. The van der Waals surface area contributed by atoms with Crippen LogP contribution in [0.3, 0.4) is 0 Å². The minimum absolute atomic E-state index is 0.0658. The topological polar surface area (TPSA) is 52.5 Å². The van der Waals surface area contributed by atoms with E-state index in [1.165, 1.54) is 12.1 Å². The standard InChI is InChI=1S/C9H10Cl3NO2/c10-3-5(14)4-13-9-6(11)1-2-7(15)8(9)12/h1-2,5,13-15H,3-4H2. The van der Waals surface area contributed by atoms with E-state index < -0.39 is 6.10 Å². The molecule has 3 nitrogen and oxygen atoms in total. The second-order valence-electron chi connectivity index (χ2n) is 2.94. The Morgan fingerprint density at radius 1 is 1.33 bits per heavy atom. The van der Waals surface area contributed by atoms with E-state index >= 15 is 0 Å². The number of aliphatic hydroxyl groups is 1. The number of alkyl halides is 1. The molecule has 1 aromatic rings. The van der Waals surface area contributed by atoms with Crippen LogP contribution in [0, 0.1) is 0 Å². The third kappa shape index (κ3) is 3.31. The number of aliphatic hydroxyl groups excluding tert-OH is 1. The summed E-state index contributed by atoms with van der Waals surface area (Å²) < 4.78 is 0. The van der Waals surface area contributed by atoms with Crippen molar-refractivity contribution in [2.45, 2.75) is 6.10 Å². The Labute approximate surface area is 103 Å². The molecule has 0 saturated carbocycles. The summed E-state index contributed by atoms with van der Waals surface area (Å²) in [7, 11) is 0. The van der Waals surface area contributed by atoms with Gasteiger partial charge in [-0.05, 0) is 12.1 Å². The van der Waals surface area contributed by atoms with Crippen LogP contribution in [0.1, 0.15) is 0 Å². The number of nitrogens with one attached hydrogen (secondary N) is 1. The van der Waals surface area contributed by atoms with Gasteiger partial charge >= 0.3 is 0 Å². The van der Waals surface area contributed by atoms with Crippen LogP contribution in [0.15, 0.2) is 12.1 Å². The molecular formula is C9H10Cl3NO2. The molecule has 15 heavy (non-hydrogen) atoms. The molecule has 0 aromatic heterocycles. The molecule has 6 heteroatoms. The third-order valence-electron chi connectivity index (χ3n) is 1.76. The van der Waals surface area contributed by atoms with E-state index in [1.807, 2.05) is 0 Å². The Morgan fingerprint density at radius 3 is 2.60 bits per heavy atom. The number of benzene rings is 1. The van der Waals surface area contributed by atoms with Crippen molar-refractivity contribution in [1.82, 2.24) is 0 Å². The third-order valence-corrected chi connectivity index (χ3v) is 2.82. The van der Waals surface area contributed by atoms with Gasteiger partial charge in [0.25, 0.3) is 0 Å². The highest BCUT2D eigenvalue weighted by molar-refractivity contribution is 6.40. The van der Waals surface area contributed by atoms with Gasteiger partial charge in [0.15, 0.2) is 0 Å². The first kappa shape index (κ1) is 12.7. The number of hydrogen-bond acceptors (Lipinski definition) is 3. The van der Waals surface area contributed by atoms with Gasteiger partial charge in [-0.3, -0.25) is 0 Å². The molecule has 0 bridgehead atoms. The maximum atomic E-state index is 9.33. The number of anilines is 1. The monoisotopic (exact) mass is 269 g/mol. The first-order chi connectivity index (χ1) is 7.06. The average Bonchev–Trinajstić information content (AvgIpc) is 2.23. The molecule has 1 unspecified atom stereocenters. The van der Waals surface area contributed by atoms with E-state index in [1.54, 1.807) is 0 Å². The molecular weight excluding hydrogens is 260 g/mol. The SMILES string of the molecule is Oc1ccc(Cl)c(NCC(O)CCl)c1Cl. The molecule has 0 spiro atoms. The van der Waals surface area contributed by atoms with E-state index in [0.717, 1.165) is 0 Å². The number of phenolic OH excluding ortho intramolecular Hbond substituents is 1. The van der Waals surface area contributed by atoms with Crippen molar-refractivity contribution in [2.75, 3.05) is 17.7 Å². The summed E-state index contributed by atoms with van der Waals surface area (Å²) in [5.74, 6) is 0.0464. The second-order valence-corrected chi connectivity index (χ2v) is 4.04. The van der Waals surface area contributed by atoms with E-state index in [2.05, 4.69) is 5.32 Å². The van der Waals surface area contributed by atoms with Gasteiger partial charge in [0.2, 0.25) is 0 Å². The lowest BCUT2D eigenvalue weighted by molar-refractivity contribution is 0.211. The normalized spacial score (nSPS) is 12.5. The van der Waals surface area contributed by atoms with Gasteiger partial charge in [0.1, 0.15) is 10.8 Å². The summed E-state index contributed by atoms with van der Waals surface area (Å²) in [5.41, 5.74) is 0.391. The van der Waals surface area contributed by atoms with Gasteiger partial charge in [-0.25, -0.2) is 0 Å². The van der Waals surface area contributed by atoms with Crippen molar-refractivity contribution < 1.29 is 10.2 Å². The molecule has 0 saturated heterocycles. The Balaban J connectivity index is 2.80. The van der Waals surface area contributed by atoms with Crippen LogP contribution in [-0.4, -0.2) is 28.7 Å². The van der Waals surface area contributed by atoms with Crippen LogP contribution < -0.4 is 5.32 Å². The first-order valence-corrected chi connectivity index (χ1v) is 5.50. The van der Waals surface area contributed by atoms with Crippen LogP contribution in [0.2, 0.25) is 10.0 Å². The van der Waals surface area contributed by atoms with Gasteiger partial charge in [-0.15, -0.1) is 11.6 Å². The lowest BCUT2D eigenvalue weighted by atomic mass is 10.3. The fourth-order valence-electron chi connectivity index (χ4n) is 0.978. The van der Waals surface area contributed by atoms with Gasteiger partial charge in [0.05, 0.1) is 22.7 Å². The molecule has 0 radical (unpaired) electrons. The number of phenols is 1. The summed E-state index contributed by atoms with van der Waals surface area (Å²) in [5, 5.41) is 21.9. The quantitative estimate of drug-likeness (QED) is 0.737. The highest BCUT2D eigenvalue weighted by atomic mass is 35.5. The van der Waals surface area contributed by atoms with Gasteiger partial charge in [-0.1, -0.05) is 23.2 Å². The number of halogens is 3. The zero-order valence-corrected chi connectivity index (χ0v) is 9.94. The molecule has 0 aliphatic heterocycles. The molecule has 84 valence electrons. The largest absolute Gasteiger partial charge is 0.506 e. The van der Waals surface area contributed by atoms with Crippen LogP contribution in [0.4, 0.5) is 5.69 Å². The van der Waals surface area contributed by atoms with E-state index in [9.17, 15) is 10.2 Å². The summed E-state index contributed by atoms with van der Waals surface area (Å²) in [4.78, 5) is 0. The average molecular weight is 271 g/mol. The van der Waals surface area contributed by atoms with Crippen LogP contribution in [-0.2, 0) is 0 Å². The van der Waals surface area contributed by atoms with Gasteiger partial charge in [-0.2, -0.15) is 0 Å². The Hall–Kier alpha value is -0.350. The van der Waals surface area contributed by atoms with Crippen LogP contribution >= 0.6 is 34.8 Å². The molecule has 0 heterocycles. The predicted octanol–water partition coefficient (Wildman–Crippen LogP) is 2.71. The van der Waals surface area contributed by atoms with Crippen molar-refractivity contribution in [3.8, 4) is 5.75 Å². The molecule has 3 N–H and O–H groups in total. The van der Waals surface area contributed by atoms with Crippen molar-refractivity contribution in [3.05, 3.63) is 22.2 Å². The minimum atomic E-state index is -0.693. The molecule has 1 aromatic carbocycles. The summed E-state index contributed by atoms with van der Waals surface area (Å²) in [6, 6.07) is 2.91. The highest BCUT2D eigenvalue weighted by Gasteiger charge is 2.11. The van der Waals surface area contributed by atoms with Crippen molar-refractivity contribution in [3.63, 3.8) is 0 Å². The molecule has 0 amide bonds.